The monoisotopic (exact) mass is 336 g/mol. The summed E-state index contributed by atoms with van der Waals surface area (Å²) in [4.78, 5) is 0. The van der Waals surface area contributed by atoms with Crippen LogP contribution in [-0.2, 0) is 0 Å². The van der Waals surface area contributed by atoms with Gasteiger partial charge in [-0.2, -0.15) is 18.4 Å². The van der Waals surface area contributed by atoms with Crippen molar-refractivity contribution in [1.29, 1.82) is 5.26 Å². The van der Waals surface area contributed by atoms with Crippen LogP contribution in [0.2, 0.25) is 5.02 Å². The zero-order valence-corrected chi connectivity index (χ0v) is 12.8. The van der Waals surface area contributed by atoms with E-state index in [2.05, 4.69) is 5.32 Å². The Hall–Kier alpha value is -2.45. The molecular weight excluding hydrogens is 325 g/mol. The van der Waals surface area contributed by atoms with Gasteiger partial charge in [0.15, 0.2) is 0 Å². The molecule has 0 fully saturated rings. The van der Waals surface area contributed by atoms with Crippen LogP contribution in [-0.4, -0.2) is 6.18 Å². The Morgan fingerprint density at radius 3 is 2.09 bits per heavy atom. The molecule has 0 amide bonds. The molecule has 118 valence electrons. The smallest absolute Gasteiger partial charge is 0.350 e. The molecule has 2 rings (SSSR count). The number of alkyl halides is 3. The molecular formula is C17H12ClF3N2. The molecule has 0 aromatic heterocycles. The van der Waals surface area contributed by atoms with E-state index in [-0.39, 0.29) is 11.3 Å². The lowest BCUT2D eigenvalue weighted by molar-refractivity contribution is -0.0895. The highest BCUT2D eigenvalue weighted by molar-refractivity contribution is 6.30. The molecule has 0 atom stereocenters. The summed E-state index contributed by atoms with van der Waals surface area (Å²) in [7, 11) is 0. The fraction of sp³-hybridized carbons (Fsp3) is 0.118. The van der Waals surface area contributed by atoms with Gasteiger partial charge in [0.1, 0.15) is 11.8 Å². The Bertz CT molecular complexity index is 754. The van der Waals surface area contributed by atoms with Gasteiger partial charge in [0.25, 0.3) is 0 Å². The highest BCUT2D eigenvalue weighted by Crippen LogP contribution is 2.33. The van der Waals surface area contributed by atoms with Crippen molar-refractivity contribution in [2.45, 2.75) is 13.1 Å². The van der Waals surface area contributed by atoms with Crippen LogP contribution in [0.15, 0.2) is 54.2 Å². The Kier molecular flexibility index (Phi) is 4.97. The summed E-state index contributed by atoms with van der Waals surface area (Å²) in [5, 5.41) is 11.9. The predicted molar refractivity (Wildman–Crippen MR) is 84.8 cm³/mol. The lowest BCUT2D eigenvalue weighted by Crippen LogP contribution is -2.21. The number of hydrogen-bond acceptors (Lipinski definition) is 2. The molecule has 0 saturated heterocycles. The van der Waals surface area contributed by atoms with Crippen molar-refractivity contribution in [2.24, 2.45) is 0 Å². The second kappa shape index (κ2) is 6.76. The summed E-state index contributed by atoms with van der Waals surface area (Å²) in [6, 6.07) is 13.7. The summed E-state index contributed by atoms with van der Waals surface area (Å²) >= 11 is 5.74. The van der Waals surface area contributed by atoms with Crippen molar-refractivity contribution in [1.82, 2.24) is 0 Å². The normalized spacial score (nSPS) is 12.3. The van der Waals surface area contributed by atoms with Crippen molar-refractivity contribution in [3.8, 4) is 6.07 Å². The molecule has 23 heavy (non-hydrogen) atoms. The number of rotatable bonds is 3. The zero-order chi connectivity index (χ0) is 17.0. The van der Waals surface area contributed by atoms with Gasteiger partial charge < -0.3 is 5.32 Å². The lowest BCUT2D eigenvalue weighted by atomic mass is 10.0. The van der Waals surface area contributed by atoms with Crippen molar-refractivity contribution in [3.63, 3.8) is 0 Å². The molecule has 0 aliphatic rings. The van der Waals surface area contributed by atoms with Gasteiger partial charge in [-0.3, -0.25) is 0 Å². The van der Waals surface area contributed by atoms with Gasteiger partial charge in [-0.1, -0.05) is 41.4 Å². The Labute approximate surface area is 136 Å². The summed E-state index contributed by atoms with van der Waals surface area (Å²) in [5.74, 6) is 0. The lowest BCUT2D eigenvalue weighted by Gasteiger charge is -2.17. The maximum atomic E-state index is 13.4. The van der Waals surface area contributed by atoms with Gasteiger partial charge in [-0.05, 0) is 36.8 Å². The van der Waals surface area contributed by atoms with Crippen LogP contribution < -0.4 is 5.32 Å². The number of anilines is 1. The van der Waals surface area contributed by atoms with E-state index in [1.54, 1.807) is 18.2 Å². The van der Waals surface area contributed by atoms with E-state index < -0.39 is 17.4 Å². The molecule has 6 heteroatoms. The van der Waals surface area contributed by atoms with Crippen LogP contribution in [0.3, 0.4) is 0 Å². The average Bonchev–Trinajstić information content (AvgIpc) is 2.49. The Morgan fingerprint density at radius 2 is 1.61 bits per heavy atom. The number of nitriles is 1. The molecule has 0 spiro atoms. The maximum Gasteiger partial charge on any atom is 0.432 e. The standard InChI is InChI=1S/C17H12ClF3N2/c1-11-2-8-14(9-3-11)23-16(17(19,20)21)15(10-22)12-4-6-13(18)7-5-12/h2-9,23H,1H3/b16-15+. The van der Waals surface area contributed by atoms with Crippen molar-refractivity contribution in [2.75, 3.05) is 5.32 Å². The second-order valence-electron chi connectivity index (χ2n) is 4.86. The molecule has 0 radical (unpaired) electrons. The first-order valence-corrected chi connectivity index (χ1v) is 7.00. The van der Waals surface area contributed by atoms with E-state index in [0.717, 1.165) is 5.56 Å². The van der Waals surface area contributed by atoms with Crippen LogP contribution in [0, 0.1) is 18.3 Å². The zero-order valence-electron chi connectivity index (χ0n) is 12.1. The summed E-state index contributed by atoms with van der Waals surface area (Å²) in [5.41, 5.74) is -0.277. The minimum atomic E-state index is -4.70. The summed E-state index contributed by atoms with van der Waals surface area (Å²) in [6.07, 6.45) is -4.70. The van der Waals surface area contributed by atoms with Crippen LogP contribution in [0.4, 0.5) is 18.9 Å². The van der Waals surface area contributed by atoms with Gasteiger partial charge in [-0.15, -0.1) is 0 Å². The van der Waals surface area contributed by atoms with E-state index >= 15 is 0 Å². The van der Waals surface area contributed by atoms with Crippen LogP contribution in [0.5, 0.6) is 0 Å². The fourth-order valence-corrected chi connectivity index (χ4v) is 2.06. The van der Waals surface area contributed by atoms with Crippen molar-refractivity contribution < 1.29 is 13.2 Å². The molecule has 0 saturated carbocycles. The Balaban J connectivity index is 2.52. The molecule has 0 heterocycles. The number of halogens is 4. The number of aryl methyl sites for hydroxylation is 1. The topological polar surface area (TPSA) is 35.8 Å². The van der Waals surface area contributed by atoms with Crippen LogP contribution in [0.25, 0.3) is 5.57 Å². The minimum Gasteiger partial charge on any atom is -0.350 e. The van der Waals surface area contributed by atoms with Gasteiger partial charge >= 0.3 is 6.18 Å². The van der Waals surface area contributed by atoms with Gasteiger partial charge in [-0.25, -0.2) is 0 Å². The van der Waals surface area contributed by atoms with Gasteiger partial charge in [0, 0.05) is 10.7 Å². The predicted octanol–water partition coefficient (Wildman–Crippen LogP) is 5.56. The Morgan fingerprint density at radius 1 is 1.04 bits per heavy atom. The van der Waals surface area contributed by atoms with Crippen molar-refractivity contribution >= 4 is 22.9 Å². The molecule has 2 nitrogen and oxygen atoms in total. The third kappa shape index (κ3) is 4.27. The van der Waals surface area contributed by atoms with E-state index in [9.17, 15) is 18.4 Å². The third-order valence-electron chi connectivity index (χ3n) is 3.10. The molecule has 0 aliphatic carbocycles. The molecule has 1 N–H and O–H groups in total. The largest absolute Gasteiger partial charge is 0.432 e. The first-order valence-electron chi connectivity index (χ1n) is 6.62. The number of benzene rings is 2. The molecule has 0 aliphatic heterocycles. The summed E-state index contributed by atoms with van der Waals surface area (Å²) in [6.45, 7) is 1.83. The molecule has 0 unspecified atom stereocenters. The van der Waals surface area contributed by atoms with Crippen LogP contribution in [0.1, 0.15) is 11.1 Å². The number of hydrogen-bond donors (Lipinski definition) is 1. The second-order valence-corrected chi connectivity index (χ2v) is 5.29. The highest BCUT2D eigenvalue weighted by atomic mass is 35.5. The van der Waals surface area contributed by atoms with Gasteiger partial charge in [0.2, 0.25) is 0 Å². The molecule has 0 bridgehead atoms. The number of nitrogens with one attached hydrogen (secondary N) is 1. The first kappa shape index (κ1) is 16.9. The van der Waals surface area contributed by atoms with Crippen LogP contribution >= 0.6 is 11.6 Å². The third-order valence-corrected chi connectivity index (χ3v) is 3.35. The summed E-state index contributed by atoms with van der Waals surface area (Å²) < 4.78 is 40.2. The fourth-order valence-electron chi connectivity index (χ4n) is 1.94. The van der Waals surface area contributed by atoms with E-state index in [1.165, 1.54) is 36.4 Å². The van der Waals surface area contributed by atoms with E-state index in [1.807, 2.05) is 6.92 Å². The number of nitrogens with zero attached hydrogens (tertiary/aromatic N) is 1. The quantitative estimate of drug-likeness (QED) is 0.745. The highest BCUT2D eigenvalue weighted by Gasteiger charge is 2.37. The van der Waals surface area contributed by atoms with Crippen molar-refractivity contribution in [3.05, 3.63) is 70.4 Å². The van der Waals surface area contributed by atoms with Gasteiger partial charge in [0.05, 0.1) is 5.57 Å². The average molecular weight is 337 g/mol. The first-order chi connectivity index (χ1) is 10.8. The minimum absolute atomic E-state index is 0.142. The SMILES string of the molecule is Cc1ccc(N/C(=C(\C#N)c2ccc(Cl)cc2)C(F)(F)F)cc1. The maximum absolute atomic E-state index is 13.4. The van der Waals surface area contributed by atoms with E-state index in [0.29, 0.717) is 5.02 Å². The molecule has 2 aromatic carbocycles. The number of allylic oxidation sites excluding steroid dienone is 2. The molecule has 2 aromatic rings. The van der Waals surface area contributed by atoms with E-state index in [4.69, 9.17) is 11.6 Å².